The van der Waals surface area contributed by atoms with Gasteiger partial charge in [0.25, 0.3) is 5.24 Å². The van der Waals surface area contributed by atoms with Crippen molar-refractivity contribution in [3.63, 3.8) is 0 Å². The molecule has 4 aromatic rings. The van der Waals surface area contributed by atoms with Crippen LogP contribution in [0.3, 0.4) is 0 Å². The van der Waals surface area contributed by atoms with Crippen LogP contribution in [-0.2, 0) is 17.8 Å². The van der Waals surface area contributed by atoms with E-state index in [0.717, 1.165) is 33.1 Å². The SMILES string of the molecule is O=C1S[C@@H](Cc2ccc(OCc3cccc4ccccc34)c(Br)c2)C(=O)N1c1cccc(Cl)c1. The zero-order valence-corrected chi connectivity index (χ0v) is 21.1. The van der Waals surface area contributed by atoms with Gasteiger partial charge in [-0.1, -0.05) is 78.0 Å². The normalized spacial score (nSPS) is 15.8. The van der Waals surface area contributed by atoms with Crippen LogP contribution in [0.1, 0.15) is 11.1 Å². The van der Waals surface area contributed by atoms with Gasteiger partial charge in [-0.2, -0.15) is 0 Å². The molecular formula is C27H19BrClNO3S. The summed E-state index contributed by atoms with van der Waals surface area (Å²) in [6.07, 6.45) is 0.439. The van der Waals surface area contributed by atoms with Gasteiger partial charge in [-0.25, -0.2) is 4.90 Å². The van der Waals surface area contributed by atoms with E-state index in [1.54, 1.807) is 24.3 Å². The number of carbonyl (C=O) groups excluding carboxylic acids is 2. The summed E-state index contributed by atoms with van der Waals surface area (Å²) in [6.45, 7) is 0.444. The van der Waals surface area contributed by atoms with Crippen molar-refractivity contribution >= 4 is 66.9 Å². The lowest BCUT2D eigenvalue weighted by Gasteiger charge is -2.15. The van der Waals surface area contributed by atoms with Gasteiger partial charge in [-0.15, -0.1) is 0 Å². The number of anilines is 1. The third kappa shape index (κ3) is 4.71. The molecule has 2 amide bonds. The first-order chi connectivity index (χ1) is 16.5. The summed E-state index contributed by atoms with van der Waals surface area (Å²) in [5.41, 5.74) is 2.55. The van der Waals surface area contributed by atoms with E-state index in [4.69, 9.17) is 16.3 Å². The molecule has 4 aromatic carbocycles. The predicted octanol–water partition coefficient (Wildman–Crippen LogP) is 7.65. The molecule has 0 bridgehead atoms. The van der Waals surface area contributed by atoms with Gasteiger partial charge >= 0.3 is 0 Å². The lowest BCUT2D eigenvalue weighted by molar-refractivity contribution is -0.117. The van der Waals surface area contributed by atoms with Crippen LogP contribution in [-0.4, -0.2) is 16.4 Å². The molecule has 0 radical (unpaired) electrons. The Kier molecular flexibility index (Phi) is 6.63. The number of nitrogens with zero attached hydrogens (tertiary/aromatic N) is 1. The van der Waals surface area contributed by atoms with Gasteiger partial charge < -0.3 is 4.74 Å². The van der Waals surface area contributed by atoms with E-state index in [1.807, 2.05) is 36.4 Å². The van der Waals surface area contributed by atoms with Crippen molar-refractivity contribution in [3.8, 4) is 5.75 Å². The van der Waals surface area contributed by atoms with Crippen LogP contribution >= 0.6 is 39.3 Å². The topological polar surface area (TPSA) is 46.6 Å². The summed E-state index contributed by atoms with van der Waals surface area (Å²) in [5.74, 6) is 0.489. The summed E-state index contributed by atoms with van der Waals surface area (Å²) in [6, 6.07) is 27.0. The van der Waals surface area contributed by atoms with Crippen molar-refractivity contribution in [2.75, 3.05) is 4.90 Å². The molecule has 1 atom stereocenters. The monoisotopic (exact) mass is 551 g/mol. The minimum Gasteiger partial charge on any atom is -0.488 e. The van der Waals surface area contributed by atoms with E-state index in [9.17, 15) is 9.59 Å². The zero-order valence-electron chi connectivity index (χ0n) is 17.9. The molecule has 0 aromatic heterocycles. The van der Waals surface area contributed by atoms with Gasteiger partial charge in [0.05, 0.1) is 15.4 Å². The Hall–Kier alpha value is -2.80. The van der Waals surface area contributed by atoms with Crippen LogP contribution in [0.5, 0.6) is 5.75 Å². The maximum Gasteiger partial charge on any atom is 0.293 e. The van der Waals surface area contributed by atoms with Gasteiger partial charge in [-0.05, 0) is 74.6 Å². The first-order valence-electron chi connectivity index (χ1n) is 10.7. The summed E-state index contributed by atoms with van der Waals surface area (Å²) >= 11 is 10.7. The van der Waals surface area contributed by atoms with E-state index in [-0.39, 0.29) is 11.1 Å². The van der Waals surface area contributed by atoms with E-state index in [0.29, 0.717) is 23.7 Å². The third-order valence-corrected chi connectivity index (χ3v) is 7.56. The van der Waals surface area contributed by atoms with Crippen molar-refractivity contribution in [1.29, 1.82) is 0 Å². The number of thioether (sulfide) groups is 1. The molecule has 0 saturated carbocycles. The smallest absolute Gasteiger partial charge is 0.293 e. The van der Waals surface area contributed by atoms with Gasteiger partial charge in [0, 0.05) is 5.02 Å². The fourth-order valence-corrected chi connectivity index (χ4v) is 5.76. The molecule has 1 heterocycles. The Labute approximate surface area is 215 Å². The van der Waals surface area contributed by atoms with Crippen molar-refractivity contribution in [1.82, 2.24) is 0 Å². The molecule has 0 aliphatic carbocycles. The van der Waals surface area contributed by atoms with Crippen molar-refractivity contribution < 1.29 is 14.3 Å². The zero-order chi connectivity index (χ0) is 23.7. The van der Waals surface area contributed by atoms with E-state index in [1.165, 1.54) is 15.7 Å². The number of benzene rings is 4. The van der Waals surface area contributed by atoms with Crippen LogP contribution in [0.15, 0.2) is 89.4 Å². The Balaban J connectivity index is 1.28. The number of rotatable bonds is 6. The average Bonchev–Trinajstić information content (AvgIpc) is 3.11. The number of halogens is 2. The molecule has 1 saturated heterocycles. The Bertz CT molecular complexity index is 1400. The molecular weight excluding hydrogens is 534 g/mol. The lowest BCUT2D eigenvalue weighted by atomic mass is 10.1. The fourth-order valence-electron chi connectivity index (χ4n) is 4.01. The second kappa shape index (κ2) is 9.82. The van der Waals surface area contributed by atoms with Gasteiger partial charge in [-0.3, -0.25) is 9.59 Å². The molecule has 5 rings (SSSR count). The van der Waals surface area contributed by atoms with E-state index in [2.05, 4.69) is 40.2 Å². The highest BCUT2D eigenvalue weighted by molar-refractivity contribution is 9.10. The average molecular weight is 553 g/mol. The van der Waals surface area contributed by atoms with Crippen molar-refractivity contribution in [2.45, 2.75) is 18.3 Å². The van der Waals surface area contributed by atoms with Crippen LogP contribution in [0, 0.1) is 0 Å². The maximum absolute atomic E-state index is 13.0. The van der Waals surface area contributed by atoms with Crippen LogP contribution < -0.4 is 9.64 Å². The Morgan fingerprint density at radius 3 is 2.56 bits per heavy atom. The number of ether oxygens (including phenoxy) is 1. The van der Waals surface area contributed by atoms with Gasteiger partial charge in [0.2, 0.25) is 5.91 Å². The van der Waals surface area contributed by atoms with Crippen molar-refractivity contribution in [3.05, 3.63) is 106 Å². The van der Waals surface area contributed by atoms with Gasteiger partial charge in [0.1, 0.15) is 12.4 Å². The molecule has 7 heteroatoms. The standard InChI is InChI=1S/C27H19BrClNO3S/c28-23-13-17(14-25-26(31)30(27(32)34-25)21-9-4-8-20(29)15-21)11-12-24(23)33-16-19-7-3-6-18-5-1-2-10-22(18)19/h1-13,15,25H,14,16H2/t25-/m0/s1. The maximum atomic E-state index is 13.0. The number of imide groups is 1. The van der Waals surface area contributed by atoms with Gasteiger partial charge in [0.15, 0.2) is 0 Å². The second-order valence-corrected chi connectivity index (χ2v) is 10.4. The lowest BCUT2D eigenvalue weighted by Crippen LogP contribution is -2.32. The van der Waals surface area contributed by atoms with Crippen molar-refractivity contribution in [2.24, 2.45) is 0 Å². The van der Waals surface area contributed by atoms with Crippen LogP contribution in [0.2, 0.25) is 5.02 Å². The molecule has 0 N–H and O–H groups in total. The Morgan fingerprint density at radius 1 is 0.941 bits per heavy atom. The number of amides is 2. The largest absolute Gasteiger partial charge is 0.488 e. The summed E-state index contributed by atoms with van der Waals surface area (Å²) < 4.78 is 6.89. The molecule has 170 valence electrons. The quantitative estimate of drug-likeness (QED) is 0.246. The van der Waals surface area contributed by atoms with E-state index < -0.39 is 5.25 Å². The number of hydrogen-bond donors (Lipinski definition) is 0. The number of hydrogen-bond acceptors (Lipinski definition) is 4. The molecule has 1 fully saturated rings. The molecule has 0 unspecified atom stereocenters. The van der Waals surface area contributed by atoms with E-state index >= 15 is 0 Å². The first kappa shape index (κ1) is 23.0. The molecule has 0 spiro atoms. The highest BCUT2D eigenvalue weighted by Gasteiger charge is 2.40. The molecule has 34 heavy (non-hydrogen) atoms. The van der Waals surface area contributed by atoms with Crippen LogP contribution in [0.4, 0.5) is 10.5 Å². The van der Waals surface area contributed by atoms with Crippen LogP contribution in [0.25, 0.3) is 10.8 Å². The molecule has 1 aliphatic heterocycles. The summed E-state index contributed by atoms with van der Waals surface area (Å²) in [5, 5.41) is 2.06. The molecule has 1 aliphatic rings. The highest BCUT2D eigenvalue weighted by Crippen LogP contribution is 2.36. The minimum absolute atomic E-state index is 0.232. The highest BCUT2D eigenvalue weighted by atomic mass is 79.9. The summed E-state index contributed by atoms with van der Waals surface area (Å²) in [4.78, 5) is 26.7. The predicted molar refractivity (Wildman–Crippen MR) is 142 cm³/mol. The minimum atomic E-state index is -0.485. The number of carbonyl (C=O) groups is 2. The number of fused-ring (bicyclic) bond motifs is 1. The fraction of sp³-hybridized carbons (Fsp3) is 0.111. The Morgan fingerprint density at radius 2 is 1.74 bits per heavy atom. The summed E-state index contributed by atoms with van der Waals surface area (Å²) in [7, 11) is 0. The second-order valence-electron chi connectivity index (χ2n) is 7.92. The third-order valence-electron chi connectivity index (χ3n) is 5.67. The first-order valence-corrected chi connectivity index (χ1v) is 12.7. The molecule has 4 nitrogen and oxygen atoms in total.